The number of benzene rings is 1. The number of nitrogens with one attached hydrogen (secondary N) is 2. The van der Waals surface area contributed by atoms with Gasteiger partial charge in [-0.05, 0) is 31.2 Å². The molecule has 4 amide bonds. The van der Waals surface area contributed by atoms with Crippen molar-refractivity contribution in [3.63, 3.8) is 0 Å². The van der Waals surface area contributed by atoms with E-state index in [9.17, 15) is 14.4 Å². The fourth-order valence-electron chi connectivity index (χ4n) is 2.97. The van der Waals surface area contributed by atoms with Crippen LogP contribution in [0.3, 0.4) is 0 Å². The molecule has 0 bridgehead atoms. The van der Waals surface area contributed by atoms with E-state index in [0.29, 0.717) is 12.8 Å². The molecule has 130 valence electrons. The number of amides is 4. The molecule has 1 aromatic carbocycles. The van der Waals surface area contributed by atoms with E-state index in [0.717, 1.165) is 16.0 Å². The molecular formula is C17H23N3O4. The number of aryl methyl sites for hydroxylation is 2. The molecule has 1 fully saturated rings. The summed E-state index contributed by atoms with van der Waals surface area (Å²) in [4.78, 5) is 37.4. The lowest BCUT2D eigenvalue weighted by Gasteiger charge is -2.26. The Morgan fingerprint density at radius 1 is 1.38 bits per heavy atom. The number of carbonyl (C=O) groups excluding carboxylic acids is 3. The zero-order valence-corrected chi connectivity index (χ0v) is 14.1. The van der Waals surface area contributed by atoms with E-state index in [4.69, 9.17) is 5.21 Å². The van der Waals surface area contributed by atoms with Crippen molar-refractivity contribution in [1.29, 1.82) is 0 Å². The van der Waals surface area contributed by atoms with Gasteiger partial charge in [0.05, 0.1) is 0 Å². The lowest BCUT2D eigenvalue weighted by Crippen LogP contribution is -2.52. The van der Waals surface area contributed by atoms with Gasteiger partial charge in [0.15, 0.2) is 0 Å². The Hall–Kier alpha value is -2.41. The number of carbonyl (C=O) groups is 3. The Balaban J connectivity index is 2.09. The van der Waals surface area contributed by atoms with Gasteiger partial charge >= 0.3 is 6.03 Å². The van der Waals surface area contributed by atoms with Crippen LogP contribution < -0.4 is 10.8 Å². The maximum atomic E-state index is 12.6. The molecule has 7 heteroatoms. The molecule has 1 aromatic rings. The summed E-state index contributed by atoms with van der Waals surface area (Å²) in [7, 11) is 0. The third-order valence-electron chi connectivity index (χ3n) is 4.14. The summed E-state index contributed by atoms with van der Waals surface area (Å²) in [6.07, 6.45) is 1.10. The first-order chi connectivity index (χ1) is 11.3. The minimum atomic E-state index is -1.04. The van der Waals surface area contributed by atoms with E-state index in [2.05, 4.69) is 5.32 Å². The Labute approximate surface area is 141 Å². The normalized spacial score (nSPS) is 18.7. The summed E-state index contributed by atoms with van der Waals surface area (Å²) in [6.45, 7) is 5.41. The average Bonchev–Trinajstić information content (AvgIpc) is 2.80. The molecule has 0 radical (unpaired) electrons. The van der Waals surface area contributed by atoms with Gasteiger partial charge in [0.1, 0.15) is 12.1 Å². The van der Waals surface area contributed by atoms with Crippen LogP contribution in [0, 0.1) is 12.8 Å². The fraction of sp³-hybridized carbons (Fsp3) is 0.471. The Morgan fingerprint density at radius 3 is 2.67 bits per heavy atom. The van der Waals surface area contributed by atoms with Crippen LogP contribution in [0.25, 0.3) is 0 Å². The molecule has 1 heterocycles. The van der Waals surface area contributed by atoms with Crippen molar-refractivity contribution in [3.8, 4) is 0 Å². The monoisotopic (exact) mass is 333 g/mol. The maximum Gasteiger partial charge on any atom is 0.325 e. The van der Waals surface area contributed by atoms with Crippen molar-refractivity contribution in [2.45, 2.75) is 45.7 Å². The third kappa shape index (κ3) is 3.73. The number of hydrogen-bond donors (Lipinski definition) is 3. The molecule has 0 saturated carbocycles. The standard InChI is InChI=1S/C17H23N3O4/c1-10(2)14(15(21)19-24)20-16(22)13(18-17(20)23)8-7-12-6-4-5-11(3)9-12/h4-6,9-10,13-14,24H,7-8H2,1-3H3,(H,18,23)(H,19,21). The fourth-order valence-corrected chi connectivity index (χ4v) is 2.97. The summed E-state index contributed by atoms with van der Waals surface area (Å²) in [5.74, 6) is -1.52. The number of rotatable bonds is 6. The molecule has 24 heavy (non-hydrogen) atoms. The van der Waals surface area contributed by atoms with E-state index >= 15 is 0 Å². The summed E-state index contributed by atoms with van der Waals surface area (Å²) in [5, 5.41) is 11.5. The van der Waals surface area contributed by atoms with E-state index in [1.807, 2.05) is 31.2 Å². The maximum absolute atomic E-state index is 12.6. The highest BCUT2D eigenvalue weighted by Crippen LogP contribution is 2.20. The second-order valence-corrected chi connectivity index (χ2v) is 6.40. The van der Waals surface area contributed by atoms with Gasteiger partial charge in [-0.3, -0.25) is 14.8 Å². The second kappa shape index (κ2) is 7.44. The Kier molecular flexibility index (Phi) is 5.56. The molecule has 3 N–H and O–H groups in total. The van der Waals surface area contributed by atoms with Crippen molar-refractivity contribution in [3.05, 3.63) is 35.4 Å². The number of hydroxylamine groups is 1. The summed E-state index contributed by atoms with van der Waals surface area (Å²) >= 11 is 0. The highest BCUT2D eigenvalue weighted by Gasteiger charge is 2.45. The van der Waals surface area contributed by atoms with Crippen LogP contribution in [-0.2, 0) is 16.0 Å². The predicted molar refractivity (Wildman–Crippen MR) is 87.2 cm³/mol. The number of imide groups is 1. The van der Waals surface area contributed by atoms with E-state index in [1.54, 1.807) is 13.8 Å². The molecule has 0 aromatic heterocycles. The van der Waals surface area contributed by atoms with E-state index in [-0.39, 0.29) is 5.92 Å². The van der Waals surface area contributed by atoms with Gasteiger partial charge in [0, 0.05) is 0 Å². The van der Waals surface area contributed by atoms with E-state index in [1.165, 1.54) is 5.48 Å². The molecule has 1 aliphatic heterocycles. The van der Waals surface area contributed by atoms with Gasteiger partial charge in [-0.25, -0.2) is 15.2 Å². The van der Waals surface area contributed by atoms with Crippen LogP contribution in [0.2, 0.25) is 0 Å². The van der Waals surface area contributed by atoms with Gasteiger partial charge in [-0.1, -0.05) is 43.7 Å². The lowest BCUT2D eigenvalue weighted by molar-refractivity contribution is -0.142. The van der Waals surface area contributed by atoms with Crippen molar-refractivity contribution >= 4 is 17.8 Å². The minimum Gasteiger partial charge on any atom is -0.326 e. The first kappa shape index (κ1) is 17.9. The van der Waals surface area contributed by atoms with Gasteiger partial charge in [0.25, 0.3) is 11.8 Å². The Bertz CT molecular complexity index is 644. The zero-order valence-electron chi connectivity index (χ0n) is 14.1. The van der Waals surface area contributed by atoms with Crippen molar-refractivity contribution in [2.75, 3.05) is 0 Å². The number of urea groups is 1. The molecule has 1 aliphatic rings. The SMILES string of the molecule is Cc1cccc(CCC2NC(=O)N(C(C(=O)NO)C(C)C)C2=O)c1. The number of hydrogen-bond acceptors (Lipinski definition) is 4. The summed E-state index contributed by atoms with van der Waals surface area (Å²) < 4.78 is 0. The zero-order chi connectivity index (χ0) is 17.9. The van der Waals surface area contributed by atoms with Crippen LogP contribution in [0.5, 0.6) is 0 Å². The van der Waals surface area contributed by atoms with E-state index < -0.39 is 29.9 Å². The average molecular weight is 333 g/mol. The van der Waals surface area contributed by atoms with Gasteiger partial charge in [-0.15, -0.1) is 0 Å². The molecule has 0 spiro atoms. The van der Waals surface area contributed by atoms with Gasteiger partial charge in [-0.2, -0.15) is 0 Å². The first-order valence-corrected chi connectivity index (χ1v) is 7.98. The largest absolute Gasteiger partial charge is 0.326 e. The summed E-state index contributed by atoms with van der Waals surface area (Å²) in [5.41, 5.74) is 3.75. The smallest absolute Gasteiger partial charge is 0.325 e. The number of nitrogens with zero attached hydrogens (tertiary/aromatic N) is 1. The third-order valence-corrected chi connectivity index (χ3v) is 4.14. The molecule has 2 rings (SSSR count). The molecule has 0 aliphatic carbocycles. The molecule has 2 atom stereocenters. The highest BCUT2D eigenvalue weighted by atomic mass is 16.5. The van der Waals surface area contributed by atoms with Crippen molar-refractivity contribution in [2.24, 2.45) is 5.92 Å². The molecule has 2 unspecified atom stereocenters. The molecule has 1 saturated heterocycles. The van der Waals surface area contributed by atoms with Crippen LogP contribution in [0.15, 0.2) is 24.3 Å². The van der Waals surface area contributed by atoms with Crippen LogP contribution in [0.1, 0.15) is 31.4 Å². The van der Waals surface area contributed by atoms with Crippen LogP contribution in [-0.4, -0.2) is 40.0 Å². The minimum absolute atomic E-state index is 0.317. The Morgan fingerprint density at radius 2 is 2.08 bits per heavy atom. The second-order valence-electron chi connectivity index (χ2n) is 6.40. The quantitative estimate of drug-likeness (QED) is 0.416. The molecular weight excluding hydrogens is 310 g/mol. The molecule has 7 nitrogen and oxygen atoms in total. The topological polar surface area (TPSA) is 98.7 Å². The highest BCUT2D eigenvalue weighted by molar-refractivity contribution is 6.07. The van der Waals surface area contributed by atoms with Crippen molar-refractivity contribution in [1.82, 2.24) is 15.7 Å². The van der Waals surface area contributed by atoms with Gasteiger partial charge in [0.2, 0.25) is 0 Å². The van der Waals surface area contributed by atoms with Crippen molar-refractivity contribution < 1.29 is 19.6 Å². The lowest BCUT2D eigenvalue weighted by atomic mass is 10.0. The van der Waals surface area contributed by atoms with Gasteiger partial charge < -0.3 is 5.32 Å². The first-order valence-electron chi connectivity index (χ1n) is 7.98. The summed E-state index contributed by atoms with van der Waals surface area (Å²) in [6, 6.07) is 5.66. The van der Waals surface area contributed by atoms with Crippen LogP contribution >= 0.6 is 0 Å². The van der Waals surface area contributed by atoms with Crippen LogP contribution in [0.4, 0.5) is 4.79 Å². The predicted octanol–water partition coefficient (Wildman–Crippen LogP) is 1.38.